The van der Waals surface area contributed by atoms with Crippen molar-refractivity contribution in [1.29, 1.82) is 0 Å². The SMILES string of the molecule is c1ccc(-c2cccc(-n3cccn3)c2)cc1. The molecule has 2 nitrogen and oxygen atoms in total. The van der Waals surface area contributed by atoms with Gasteiger partial charge >= 0.3 is 0 Å². The Labute approximate surface area is 100 Å². The molecular weight excluding hydrogens is 208 g/mol. The van der Waals surface area contributed by atoms with Crippen molar-refractivity contribution in [3.05, 3.63) is 73.1 Å². The van der Waals surface area contributed by atoms with Crippen molar-refractivity contribution in [2.45, 2.75) is 0 Å². The summed E-state index contributed by atoms with van der Waals surface area (Å²) in [6, 6.07) is 20.6. The van der Waals surface area contributed by atoms with Gasteiger partial charge in [-0.05, 0) is 29.3 Å². The van der Waals surface area contributed by atoms with Crippen LogP contribution in [0.25, 0.3) is 16.8 Å². The number of aromatic nitrogens is 2. The molecule has 0 atom stereocenters. The summed E-state index contributed by atoms with van der Waals surface area (Å²) in [6.07, 6.45) is 3.74. The van der Waals surface area contributed by atoms with Crippen molar-refractivity contribution in [1.82, 2.24) is 9.78 Å². The maximum Gasteiger partial charge on any atom is 0.0651 e. The minimum Gasteiger partial charge on any atom is -0.241 e. The zero-order valence-corrected chi connectivity index (χ0v) is 9.32. The van der Waals surface area contributed by atoms with E-state index in [1.165, 1.54) is 11.1 Å². The van der Waals surface area contributed by atoms with Crippen LogP contribution in [0.3, 0.4) is 0 Å². The first kappa shape index (κ1) is 9.85. The van der Waals surface area contributed by atoms with Crippen LogP contribution in [0.15, 0.2) is 73.1 Å². The third-order valence-electron chi connectivity index (χ3n) is 2.72. The molecule has 0 aliphatic rings. The Morgan fingerprint density at radius 3 is 2.35 bits per heavy atom. The minimum atomic E-state index is 1.08. The molecule has 2 aromatic carbocycles. The van der Waals surface area contributed by atoms with Crippen LogP contribution in [0.2, 0.25) is 0 Å². The molecule has 0 amide bonds. The van der Waals surface area contributed by atoms with Crippen LogP contribution in [0.1, 0.15) is 0 Å². The summed E-state index contributed by atoms with van der Waals surface area (Å²) in [6.45, 7) is 0. The standard InChI is InChI=1S/C15H12N2/c1-2-6-13(7-3-1)14-8-4-9-15(12-14)17-11-5-10-16-17/h1-12H. The second-order valence-corrected chi connectivity index (χ2v) is 3.87. The molecule has 0 radical (unpaired) electrons. The Kier molecular flexibility index (Phi) is 2.47. The molecule has 0 fully saturated rings. The molecule has 0 bridgehead atoms. The van der Waals surface area contributed by atoms with Crippen LogP contribution in [-0.4, -0.2) is 9.78 Å². The largest absolute Gasteiger partial charge is 0.241 e. The van der Waals surface area contributed by atoms with Gasteiger partial charge in [-0.1, -0.05) is 42.5 Å². The fraction of sp³-hybridized carbons (Fsp3) is 0. The zero-order valence-electron chi connectivity index (χ0n) is 9.32. The molecule has 2 heteroatoms. The van der Waals surface area contributed by atoms with E-state index in [-0.39, 0.29) is 0 Å². The van der Waals surface area contributed by atoms with Crippen molar-refractivity contribution in [3.8, 4) is 16.8 Å². The van der Waals surface area contributed by atoms with Gasteiger partial charge in [0.2, 0.25) is 0 Å². The topological polar surface area (TPSA) is 17.8 Å². The summed E-state index contributed by atoms with van der Waals surface area (Å²) in [5.41, 5.74) is 3.51. The first-order chi connectivity index (χ1) is 8.43. The van der Waals surface area contributed by atoms with E-state index in [4.69, 9.17) is 0 Å². The summed E-state index contributed by atoms with van der Waals surface area (Å²) in [5.74, 6) is 0. The van der Waals surface area contributed by atoms with Gasteiger partial charge in [0.05, 0.1) is 5.69 Å². The molecule has 0 aliphatic heterocycles. The molecule has 82 valence electrons. The monoisotopic (exact) mass is 220 g/mol. The highest BCUT2D eigenvalue weighted by atomic mass is 15.3. The maximum absolute atomic E-state index is 4.24. The van der Waals surface area contributed by atoms with E-state index in [1.807, 2.05) is 23.0 Å². The number of nitrogens with zero attached hydrogens (tertiary/aromatic N) is 2. The van der Waals surface area contributed by atoms with Gasteiger partial charge in [0.15, 0.2) is 0 Å². The lowest BCUT2D eigenvalue weighted by atomic mass is 10.1. The van der Waals surface area contributed by atoms with Crippen LogP contribution in [0, 0.1) is 0 Å². The molecule has 3 aromatic rings. The van der Waals surface area contributed by atoms with Crippen LogP contribution in [0.4, 0.5) is 0 Å². The second-order valence-electron chi connectivity index (χ2n) is 3.87. The highest BCUT2D eigenvalue weighted by molar-refractivity contribution is 5.65. The fourth-order valence-corrected chi connectivity index (χ4v) is 1.88. The van der Waals surface area contributed by atoms with E-state index >= 15 is 0 Å². The quantitative estimate of drug-likeness (QED) is 0.646. The van der Waals surface area contributed by atoms with E-state index in [0.717, 1.165) is 5.69 Å². The van der Waals surface area contributed by atoms with Gasteiger partial charge in [0.25, 0.3) is 0 Å². The van der Waals surface area contributed by atoms with E-state index in [9.17, 15) is 0 Å². The number of hydrogen-bond acceptors (Lipinski definition) is 1. The molecule has 0 saturated heterocycles. The Hall–Kier alpha value is -2.35. The van der Waals surface area contributed by atoms with Crippen molar-refractivity contribution in [2.75, 3.05) is 0 Å². The number of hydrogen-bond donors (Lipinski definition) is 0. The predicted molar refractivity (Wildman–Crippen MR) is 69.0 cm³/mol. The number of benzene rings is 2. The van der Waals surface area contributed by atoms with Crippen LogP contribution < -0.4 is 0 Å². The maximum atomic E-state index is 4.24. The summed E-state index contributed by atoms with van der Waals surface area (Å²) in [7, 11) is 0. The summed E-state index contributed by atoms with van der Waals surface area (Å²) >= 11 is 0. The van der Waals surface area contributed by atoms with Gasteiger partial charge in [-0.3, -0.25) is 0 Å². The van der Waals surface area contributed by atoms with Crippen molar-refractivity contribution in [3.63, 3.8) is 0 Å². The fourth-order valence-electron chi connectivity index (χ4n) is 1.88. The van der Waals surface area contributed by atoms with Gasteiger partial charge in [-0.25, -0.2) is 4.68 Å². The Balaban J connectivity index is 2.06. The van der Waals surface area contributed by atoms with Crippen molar-refractivity contribution < 1.29 is 0 Å². The Morgan fingerprint density at radius 2 is 1.59 bits per heavy atom. The molecule has 0 aliphatic carbocycles. The third-order valence-corrected chi connectivity index (χ3v) is 2.72. The smallest absolute Gasteiger partial charge is 0.0651 e. The Morgan fingerprint density at radius 1 is 0.765 bits per heavy atom. The minimum absolute atomic E-state index is 1.08. The molecule has 0 N–H and O–H groups in total. The van der Waals surface area contributed by atoms with Crippen LogP contribution in [0.5, 0.6) is 0 Å². The highest BCUT2D eigenvalue weighted by Gasteiger charge is 2.00. The van der Waals surface area contributed by atoms with E-state index in [0.29, 0.717) is 0 Å². The zero-order chi connectivity index (χ0) is 11.5. The molecule has 1 heterocycles. The second kappa shape index (κ2) is 4.26. The van der Waals surface area contributed by atoms with Crippen LogP contribution >= 0.6 is 0 Å². The van der Waals surface area contributed by atoms with Gasteiger partial charge in [-0.15, -0.1) is 0 Å². The first-order valence-electron chi connectivity index (χ1n) is 5.59. The van der Waals surface area contributed by atoms with Gasteiger partial charge in [0.1, 0.15) is 0 Å². The molecule has 1 aromatic heterocycles. The molecule has 0 saturated carbocycles. The first-order valence-corrected chi connectivity index (χ1v) is 5.59. The van der Waals surface area contributed by atoms with Crippen molar-refractivity contribution in [2.24, 2.45) is 0 Å². The van der Waals surface area contributed by atoms with Crippen LogP contribution in [-0.2, 0) is 0 Å². The number of rotatable bonds is 2. The lowest BCUT2D eigenvalue weighted by Gasteiger charge is -2.05. The van der Waals surface area contributed by atoms with Gasteiger partial charge in [-0.2, -0.15) is 5.10 Å². The summed E-state index contributed by atoms with van der Waals surface area (Å²) < 4.78 is 1.87. The third kappa shape index (κ3) is 1.97. The van der Waals surface area contributed by atoms with E-state index in [2.05, 4.69) is 53.6 Å². The molecule has 3 rings (SSSR count). The van der Waals surface area contributed by atoms with Crippen molar-refractivity contribution >= 4 is 0 Å². The van der Waals surface area contributed by atoms with Gasteiger partial charge < -0.3 is 0 Å². The Bertz CT molecular complexity index is 598. The molecular formula is C15H12N2. The van der Waals surface area contributed by atoms with Gasteiger partial charge in [0, 0.05) is 12.4 Å². The van der Waals surface area contributed by atoms with E-state index < -0.39 is 0 Å². The molecule has 0 unspecified atom stereocenters. The lowest BCUT2D eigenvalue weighted by molar-refractivity contribution is 0.881. The average molecular weight is 220 g/mol. The molecule has 17 heavy (non-hydrogen) atoms. The molecule has 0 spiro atoms. The normalized spacial score (nSPS) is 10.4. The predicted octanol–water partition coefficient (Wildman–Crippen LogP) is 3.54. The summed E-state index contributed by atoms with van der Waals surface area (Å²) in [4.78, 5) is 0. The average Bonchev–Trinajstić information content (AvgIpc) is 2.94. The summed E-state index contributed by atoms with van der Waals surface area (Å²) in [5, 5.41) is 4.24. The lowest BCUT2D eigenvalue weighted by Crippen LogP contribution is -1.93. The van der Waals surface area contributed by atoms with E-state index in [1.54, 1.807) is 6.20 Å². The highest BCUT2D eigenvalue weighted by Crippen LogP contribution is 2.21.